The van der Waals surface area contributed by atoms with E-state index in [-0.39, 0.29) is 0 Å². The molecule has 0 radical (unpaired) electrons. The van der Waals surface area contributed by atoms with E-state index in [0.717, 1.165) is 18.0 Å². The summed E-state index contributed by atoms with van der Waals surface area (Å²) < 4.78 is 0. The predicted octanol–water partition coefficient (Wildman–Crippen LogP) is 3.56. The SMILES string of the molecule is CCC1CNC2(CCCCC2)CN1C(C)C1CCC1. The van der Waals surface area contributed by atoms with Crippen LogP contribution in [0.3, 0.4) is 0 Å². The Bertz CT molecular complexity index is 292. The van der Waals surface area contributed by atoms with Gasteiger partial charge in [0, 0.05) is 30.7 Å². The Labute approximate surface area is 119 Å². The second-order valence-corrected chi connectivity index (χ2v) is 7.39. The van der Waals surface area contributed by atoms with Crippen LogP contribution in [-0.4, -0.2) is 35.6 Å². The number of hydrogen-bond acceptors (Lipinski definition) is 2. The highest BCUT2D eigenvalue weighted by atomic mass is 15.3. The van der Waals surface area contributed by atoms with E-state index < -0.39 is 0 Å². The fourth-order valence-corrected chi connectivity index (χ4v) is 4.60. The molecule has 1 aliphatic heterocycles. The third kappa shape index (κ3) is 2.71. The van der Waals surface area contributed by atoms with Crippen molar-refractivity contribution in [3.63, 3.8) is 0 Å². The lowest BCUT2D eigenvalue weighted by Crippen LogP contribution is -2.67. The molecule has 2 atom stereocenters. The monoisotopic (exact) mass is 264 g/mol. The van der Waals surface area contributed by atoms with E-state index in [0.29, 0.717) is 5.54 Å². The van der Waals surface area contributed by atoms with Crippen LogP contribution in [0.2, 0.25) is 0 Å². The largest absolute Gasteiger partial charge is 0.308 e. The molecule has 2 unspecified atom stereocenters. The molecule has 1 heterocycles. The van der Waals surface area contributed by atoms with Crippen LogP contribution < -0.4 is 5.32 Å². The van der Waals surface area contributed by atoms with E-state index >= 15 is 0 Å². The number of piperazine rings is 1. The van der Waals surface area contributed by atoms with Gasteiger partial charge in [-0.25, -0.2) is 0 Å². The standard InChI is InChI=1S/C17H32N2/c1-3-16-12-18-17(10-5-4-6-11-17)13-19(16)14(2)15-8-7-9-15/h14-16,18H,3-13H2,1-2H3. The Morgan fingerprint density at radius 2 is 1.89 bits per heavy atom. The van der Waals surface area contributed by atoms with Gasteiger partial charge in [-0.2, -0.15) is 0 Å². The van der Waals surface area contributed by atoms with E-state index in [4.69, 9.17) is 0 Å². The van der Waals surface area contributed by atoms with Crippen molar-refractivity contribution in [2.75, 3.05) is 13.1 Å². The first-order valence-corrected chi connectivity index (χ1v) is 8.75. The Morgan fingerprint density at radius 3 is 2.47 bits per heavy atom. The summed E-state index contributed by atoms with van der Waals surface area (Å²) >= 11 is 0. The molecule has 3 fully saturated rings. The molecule has 1 N–H and O–H groups in total. The zero-order valence-electron chi connectivity index (χ0n) is 13.0. The summed E-state index contributed by atoms with van der Waals surface area (Å²) in [6.07, 6.45) is 12.9. The highest BCUT2D eigenvalue weighted by molar-refractivity contribution is 5.01. The van der Waals surface area contributed by atoms with Crippen molar-refractivity contribution >= 4 is 0 Å². The molecule has 1 saturated heterocycles. The first-order valence-electron chi connectivity index (χ1n) is 8.75. The van der Waals surface area contributed by atoms with Crippen LogP contribution in [0.1, 0.15) is 71.6 Å². The van der Waals surface area contributed by atoms with Crippen LogP contribution in [0.25, 0.3) is 0 Å². The fraction of sp³-hybridized carbons (Fsp3) is 1.00. The molecule has 19 heavy (non-hydrogen) atoms. The summed E-state index contributed by atoms with van der Waals surface area (Å²) in [5, 5.41) is 3.95. The molecule has 3 rings (SSSR count). The van der Waals surface area contributed by atoms with E-state index in [1.165, 1.54) is 70.9 Å². The Balaban J connectivity index is 1.69. The third-order valence-electron chi connectivity index (χ3n) is 6.30. The molecule has 2 nitrogen and oxygen atoms in total. The van der Waals surface area contributed by atoms with Gasteiger partial charge in [0.05, 0.1) is 0 Å². The Morgan fingerprint density at radius 1 is 1.16 bits per heavy atom. The van der Waals surface area contributed by atoms with Gasteiger partial charge >= 0.3 is 0 Å². The van der Waals surface area contributed by atoms with Crippen LogP contribution in [-0.2, 0) is 0 Å². The molecular weight excluding hydrogens is 232 g/mol. The van der Waals surface area contributed by atoms with Gasteiger partial charge in [-0.1, -0.05) is 32.6 Å². The van der Waals surface area contributed by atoms with Gasteiger partial charge in [-0.3, -0.25) is 4.90 Å². The predicted molar refractivity (Wildman–Crippen MR) is 81.4 cm³/mol. The van der Waals surface area contributed by atoms with Crippen LogP contribution in [0.4, 0.5) is 0 Å². The van der Waals surface area contributed by atoms with Crippen molar-refractivity contribution in [3.8, 4) is 0 Å². The van der Waals surface area contributed by atoms with E-state index in [1.54, 1.807) is 0 Å². The topological polar surface area (TPSA) is 15.3 Å². The summed E-state index contributed by atoms with van der Waals surface area (Å²) in [6.45, 7) is 7.43. The number of rotatable bonds is 3. The molecule has 0 bridgehead atoms. The van der Waals surface area contributed by atoms with Gasteiger partial charge in [0.15, 0.2) is 0 Å². The molecule has 110 valence electrons. The molecule has 2 aliphatic carbocycles. The van der Waals surface area contributed by atoms with Gasteiger partial charge in [0.25, 0.3) is 0 Å². The van der Waals surface area contributed by atoms with Crippen LogP contribution in [0.15, 0.2) is 0 Å². The van der Waals surface area contributed by atoms with Crippen molar-refractivity contribution in [1.82, 2.24) is 10.2 Å². The fourth-order valence-electron chi connectivity index (χ4n) is 4.60. The molecular formula is C17H32N2. The molecule has 0 aromatic carbocycles. The third-order valence-corrected chi connectivity index (χ3v) is 6.30. The molecule has 3 aliphatic rings. The maximum absolute atomic E-state index is 3.95. The average molecular weight is 264 g/mol. The maximum atomic E-state index is 3.95. The minimum Gasteiger partial charge on any atom is -0.308 e. The highest BCUT2D eigenvalue weighted by Gasteiger charge is 2.42. The summed E-state index contributed by atoms with van der Waals surface area (Å²) in [5.41, 5.74) is 0.474. The van der Waals surface area contributed by atoms with Crippen molar-refractivity contribution in [2.24, 2.45) is 5.92 Å². The smallest absolute Gasteiger partial charge is 0.0309 e. The summed E-state index contributed by atoms with van der Waals surface area (Å²) in [6, 6.07) is 1.60. The van der Waals surface area contributed by atoms with E-state index in [2.05, 4.69) is 24.1 Å². The van der Waals surface area contributed by atoms with Gasteiger partial charge in [0.1, 0.15) is 0 Å². The van der Waals surface area contributed by atoms with Gasteiger partial charge in [-0.15, -0.1) is 0 Å². The number of nitrogens with zero attached hydrogens (tertiary/aromatic N) is 1. The Hall–Kier alpha value is -0.0800. The molecule has 2 heteroatoms. The lowest BCUT2D eigenvalue weighted by Gasteiger charge is -2.53. The normalized spacial score (nSPS) is 34.1. The van der Waals surface area contributed by atoms with Gasteiger partial charge < -0.3 is 5.32 Å². The number of hydrogen-bond donors (Lipinski definition) is 1. The Kier molecular flexibility index (Phi) is 4.19. The first kappa shape index (κ1) is 13.9. The minimum absolute atomic E-state index is 0.474. The molecule has 1 spiro atoms. The lowest BCUT2D eigenvalue weighted by atomic mass is 9.75. The lowest BCUT2D eigenvalue weighted by molar-refractivity contribution is -0.00466. The van der Waals surface area contributed by atoms with Crippen molar-refractivity contribution in [1.29, 1.82) is 0 Å². The first-order chi connectivity index (χ1) is 9.24. The average Bonchev–Trinajstić information content (AvgIpc) is 2.37. The summed E-state index contributed by atoms with van der Waals surface area (Å²) in [4.78, 5) is 2.89. The highest BCUT2D eigenvalue weighted by Crippen LogP contribution is 2.37. The van der Waals surface area contributed by atoms with Crippen LogP contribution in [0, 0.1) is 5.92 Å². The molecule has 0 amide bonds. The molecule has 0 aromatic heterocycles. The molecule has 2 saturated carbocycles. The summed E-state index contributed by atoms with van der Waals surface area (Å²) in [5.74, 6) is 0.993. The second-order valence-electron chi connectivity index (χ2n) is 7.39. The van der Waals surface area contributed by atoms with Crippen LogP contribution in [0.5, 0.6) is 0 Å². The zero-order valence-corrected chi connectivity index (χ0v) is 13.0. The van der Waals surface area contributed by atoms with E-state index in [9.17, 15) is 0 Å². The number of nitrogens with one attached hydrogen (secondary N) is 1. The van der Waals surface area contributed by atoms with Crippen molar-refractivity contribution < 1.29 is 0 Å². The van der Waals surface area contributed by atoms with Crippen molar-refractivity contribution in [3.05, 3.63) is 0 Å². The van der Waals surface area contributed by atoms with Crippen LogP contribution >= 0.6 is 0 Å². The minimum atomic E-state index is 0.474. The zero-order chi connectivity index (χ0) is 13.3. The molecule has 0 aromatic rings. The van der Waals surface area contributed by atoms with Gasteiger partial charge in [-0.05, 0) is 44.9 Å². The second kappa shape index (κ2) is 5.73. The quantitative estimate of drug-likeness (QED) is 0.838. The van der Waals surface area contributed by atoms with E-state index in [1.807, 2.05) is 0 Å². The van der Waals surface area contributed by atoms with Gasteiger partial charge in [0.2, 0.25) is 0 Å². The maximum Gasteiger partial charge on any atom is 0.0309 e. The van der Waals surface area contributed by atoms with Crippen molar-refractivity contribution in [2.45, 2.75) is 89.3 Å². The summed E-state index contributed by atoms with van der Waals surface area (Å²) in [7, 11) is 0.